The Labute approximate surface area is 128 Å². The summed E-state index contributed by atoms with van der Waals surface area (Å²) in [6.45, 7) is 2.19. The van der Waals surface area contributed by atoms with E-state index in [4.69, 9.17) is 5.73 Å². The predicted octanol–water partition coefficient (Wildman–Crippen LogP) is 4.42. The van der Waals surface area contributed by atoms with E-state index in [9.17, 15) is 0 Å². The lowest BCUT2D eigenvalue weighted by molar-refractivity contribution is 0.506. The highest BCUT2D eigenvalue weighted by Crippen LogP contribution is 2.33. The first-order valence-electron chi connectivity index (χ1n) is 7.09. The average Bonchev–Trinajstić information content (AvgIpc) is 2.48. The van der Waals surface area contributed by atoms with Gasteiger partial charge in [-0.3, -0.25) is 0 Å². The maximum atomic E-state index is 6.10. The average molecular weight is 331 g/mol. The highest BCUT2D eigenvalue weighted by Gasteiger charge is 2.22. The van der Waals surface area contributed by atoms with E-state index >= 15 is 0 Å². The molecule has 0 bridgehead atoms. The second kappa shape index (κ2) is 5.88. The van der Waals surface area contributed by atoms with Crippen LogP contribution in [-0.2, 0) is 0 Å². The van der Waals surface area contributed by atoms with Crippen LogP contribution in [0.4, 0.5) is 11.4 Å². The van der Waals surface area contributed by atoms with Crippen molar-refractivity contribution in [3.63, 3.8) is 0 Å². The zero-order valence-corrected chi connectivity index (χ0v) is 13.0. The van der Waals surface area contributed by atoms with Crippen LogP contribution < -0.4 is 10.6 Å². The zero-order chi connectivity index (χ0) is 13.9. The Balaban J connectivity index is 1.70. The van der Waals surface area contributed by atoms with Gasteiger partial charge in [0.25, 0.3) is 0 Å². The van der Waals surface area contributed by atoms with E-state index in [1.165, 1.54) is 24.1 Å². The molecule has 2 nitrogen and oxygen atoms in total. The first-order valence-corrected chi connectivity index (χ1v) is 7.88. The summed E-state index contributed by atoms with van der Waals surface area (Å²) >= 11 is 3.54. The Morgan fingerprint density at radius 3 is 2.45 bits per heavy atom. The number of rotatable bonds is 2. The Bertz CT molecular complexity index is 589. The minimum absolute atomic E-state index is 0.597. The van der Waals surface area contributed by atoms with Crippen molar-refractivity contribution < 1.29 is 0 Å². The van der Waals surface area contributed by atoms with Gasteiger partial charge in [-0.1, -0.05) is 40.2 Å². The van der Waals surface area contributed by atoms with Crippen molar-refractivity contribution in [1.82, 2.24) is 0 Å². The third-order valence-corrected chi connectivity index (χ3v) is 4.60. The smallest absolute Gasteiger partial charge is 0.0377 e. The molecule has 0 unspecified atom stereocenters. The van der Waals surface area contributed by atoms with E-state index < -0.39 is 0 Å². The number of nitrogens with zero attached hydrogens (tertiary/aromatic N) is 1. The highest BCUT2D eigenvalue weighted by molar-refractivity contribution is 9.10. The van der Waals surface area contributed by atoms with Crippen molar-refractivity contribution in [2.45, 2.75) is 18.8 Å². The molecule has 2 aromatic carbocycles. The van der Waals surface area contributed by atoms with Crippen LogP contribution in [0.5, 0.6) is 0 Å². The van der Waals surface area contributed by atoms with Crippen molar-refractivity contribution in [2.75, 3.05) is 23.7 Å². The summed E-state index contributed by atoms with van der Waals surface area (Å²) in [4.78, 5) is 2.46. The molecule has 1 fully saturated rings. The lowest BCUT2D eigenvalue weighted by atomic mass is 9.88. The Morgan fingerprint density at radius 2 is 1.75 bits per heavy atom. The Hall–Kier alpha value is -1.48. The van der Waals surface area contributed by atoms with E-state index in [1.807, 2.05) is 12.1 Å². The fourth-order valence-corrected chi connectivity index (χ4v) is 3.39. The van der Waals surface area contributed by atoms with Crippen molar-refractivity contribution in [3.8, 4) is 0 Å². The van der Waals surface area contributed by atoms with E-state index in [1.54, 1.807) is 0 Å². The van der Waals surface area contributed by atoms with Crippen LogP contribution in [0.1, 0.15) is 24.3 Å². The molecule has 1 aliphatic rings. The molecule has 0 saturated carbocycles. The zero-order valence-electron chi connectivity index (χ0n) is 11.4. The number of nitrogens with two attached hydrogens (primary N) is 1. The summed E-state index contributed by atoms with van der Waals surface area (Å²) in [6.07, 6.45) is 2.33. The van der Waals surface area contributed by atoms with Crippen LogP contribution in [0.15, 0.2) is 53.0 Å². The molecule has 0 radical (unpaired) electrons. The SMILES string of the molecule is Nc1ccccc1C1CCN(c2cccc(Br)c2)CC1. The predicted molar refractivity (Wildman–Crippen MR) is 89.2 cm³/mol. The van der Waals surface area contributed by atoms with Crippen molar-refractivity contribution in [1.29, 1.82) is 0 Å². The maximum absolute atomic E-state index is 6.10. The molecule has 0 spiro atoms. The largest absolute Gasteiger partial charge is 0.398 e. The van der Waals surface area contributed by atoms with Crippen LogP contribution in [0.25, 0.3) is 0 Å². The molecule has 0 aliphatic carbocycles. The number of halogens is 1. The first kappa shape index (κ1) is 13.5. The molecule has 20 heavy (non-hydrogen) atoms. The highest BCUT2D eigenvalue weighted by atomic mass is 79.9. The van der Waals surface area contributed by atoms with Gasteiger partial charge >= 0.3 is 0 Å². The van der Waals surface area contributed by atoms with Crippen LogP contribution in [0.3, 0.4) is 0 Å². The van der Waals surface area contributed by atoms with Gasteiger partial charge in [-0.05, 0) is 48.6 Å². The molecule has 0 atom stereocenters. The van der Waals surface area contributed by atoms with Crippen molar-refractivity contribution in [2.24, 2.45) is 0 Å². The molecular formula is C17H19BrN2. The third kappa shape index (κ3) is 2.83. The summed E-state index contributed by atoms with van der Waals surface area (Å²) in [7, 11) is 0. The summed E-state index contributed by atoms with van der Waals surface area (Å²) in [5, 5.41) is 0. The van der Waals surface area contributed by atoms with Gasteiger partial charge in [0.05, 0.1) is 0 Å². The second-order valence-electron chi connectivity index (χ2n) is 5.37. The van der Waals surface area contributed by atoms with E-state index in [0.717, 1.165) is 23.2 Å². The van der Waals surface area contributed by atoms with Gasteiger partial charge in [-0.15, -0.1) is 0 Å². The number of piperidine rings is 1. The Kier molecular flexibility index (Phi) is 3.97. The van der Waals surface area contributed by atoms with Crippen LogP contribution in [0, 0.1) is 0 Å². The standard InChI is InChI=1S/C17H19BrN2/c18-14-4-3-5-15(12-14)20-10-8-13(9-11-20)16-6-1-2-7-17(16)19/h1-7,12-13H,8-11,19H2. The van der Waals surface area contributed by atoms with Crippen LogP contribution >= 0.6 is 15.9 Å². The Morgan fingerprint density at radius 1 is 1.00 bits per heavy atom. The number of hydrogen-bond acceptors (Lipinski definition) is 2. The third-order valence-electron chi connectivity index (χ3n) is 4.10. The van der Waals surface area contributed by atoms with Gasteiger partial charge in [-0.25, -0.2) is 0 Å². The minimum Gasteiger partial charge on any atom is -0.398 e. The van der Waals surface area contributed by atoms with Gasteiger partial charge in [0, 0.05) is 28.9 Å². The monoisotopic (exact) mass is 330 g/mol. The molecule has 104 valence electrons. The maximum Gasteiger partial charge on any atom is 0.0377 e. The van der Waals surface area contributed by atoms with Gasteiger partial charge in [-0.2, -0.15) is 0 Å². The van der Waals surface area contributed by atoms with Crippen LogP contribution in [-0.4, -0.2) is 13.1 Å². The summed E-state index contributed by atoms with van der Waals surface area (Å²) in [6, 6.07) is 16.8. The second-order valence-corrected chi connectivity index (χ2v) is 6.29. The number of benzene rings is 2. The number of hydrogen-bond donors (Lipinski definition) is 1. The number of para-hydroxylation sites is 1. The molecule has 1 heterocycles. The molecule has 1 saturated heterocycles. The van der Waals surface area contributed by atoms with Gasteiger partial charge in [0.15, 0.2) is 0 Å². The molecule has 0 aromatic heterocycles. The van der Waals surface area contributed by atoms with E-state index in [0.29, 0.717) is 5.92 Å². The van der Waals surface area contributed by atoms with Crippen molar-refractivity contribution in [3.05, 3.63) is 58.6 Å². The minimum atomic E-state index is 0.597. The molecule has 1 aliphatic heterocycles. The molecular weight excluding hydrogens is 312 g/mol. The summed E-state index contributed by atoms with van der Waals surface area (Å²) < 4.78 is 1.14. The number of nitrogen functional groups attached to an aromatic ring is 1. The van der Waals surface area contributed by atoms with Gasteiger partial charge in [0.1, 0.15) is 0 Å². The molecule has 0 amide bonds. The quantitative estimate of drug-likeness (QED) is 0.826. The first-order chi connectivity index (χ1) is 9.74. The summed E-state index contributed by atoms with van der Waals surface area (Å²) in [5.74, 6) is 0.597. The molecule has 3 heteroatoms. The molecule has 2 aromatic rings. The van der Waals surface area contributed by atoms with Gasteiger partial charge in [0.2, 0.25) is 0 Å². The fourth-order valence-electron chi connectivity index (χ4n) is 3.00. The summed E-state index contributed by atoms with van der Waals surface area (Å²) in [5.41, 5.74) is 9.66. The lowest BCUT2D eigenvalue weighted by Gasteiger charge is -2.34. The van der Waals surface area contributed by atoms with E-state index in [2.05, 4.69) is 57.2 Å². The fraction of sp³-hybridized carbons (Fsp3) is 0.294. The number of anilines is 2. The normalized spacial score (nSPS) is 16.4. The molecule has 3 rings (SSSR count). The molecule has 2 N–H and O–H groups in total. The van der Waals surface area contributed by atoms with Crippen LogP contribution in [0.2, 0.25) is 0 Å². The topological polar surface area (TPSA) is 29.3 Å². The lowest BCUT2D eigenvalue weighted by Crippen LogP contribution is -2.33. The van der Waals surface area contributed by atoms with Crippen molar-refractivity contribution >= 4 is 27.3 Å². The van der Waals surface area contributed by atoms with E-state index in [-0.39, 0.29) is 0 Å². The van der Waals surface area contributed by atoms with Gasteiger partial charge < -0.3 is 10.6 Å².